The van der Waals surface area contributed by atoms with Crippen molar-refractivity contribution >= 4 is 34.1 Å². The van der Waals surface area contributed by atoms with Crippen LogP contribution in [0.4, 0.5) is 5.13 Å². The minimum Gasteiger partial charge on any atom is -0.376 e. The highest BCUT2D eigenvalue weighted by Crippen LogP contribution is 2.26. The number of hydrogen-bond acceptors (Lipinski definition) is 7. The summed E-state index contributed by atoms with van der Waals surface area (Å²) in [5.41, 5.74) is 1.14. The van der Waals surface area contributed by atoms with Gasteiger partial charge in [0.05, 0.1) is 11.9 Å². The van der Waals surface area contributed by atoms with E-state index in [9.17, 15) is 4.79 Å². The van der Waals surface area contributed by atoms with E-state index in [1.807, 2.05) is 42.2 Å². The Labute approximate surface area is 162 Å². The number of aromatic nitrogens is 2. The van der Waals surface area contributed by atoms with Crippen LogP contribution in [0.1, 0.15) is 25.3 Å². The summed E-state index contributed by atoms with van der Waals surface area (Å²) in [4.78, 5) is 14.3. The summed E-state index contributed by atoms with van der Waals surface area (Å²) in [6.45, 7) is 4.95. The van der Waals surface area contributed by atoms with Crippen LogP contribution >= 0.6 is 23.1 Å². The van der Waals surface area contributed by atoms with Gasteiger partial charge in [-0.3, -0.25) is 4.79 Å². The molecule has 1 fully saturated rings. The van der Waals surface area contributed by atoms with E-state index in [2.05, 4.69) is 15.5 Å². The van der Waals surface area contributed by atoms with Crippen LogP contribution in [0.15, 0.2) is 34.7 Å². The van der Waals surface area contributed by atoms with Gasteiger partial charge in [0.15, 0.2) is 4.34 Å². The Hall–Kier alpha value is -1.64. The maximum Gasteiger partial charge on any atom is 0.233 e. The summed E-state index contributed by atoms with van der Waals surface area (Å²) in [7, 11) is 0. The number of carbonyl (C=O) groups excluding carboxylic acids is 1. The number of anilines is 1. The van der Waals surface area contributed by atoms with Gasteiger partial charge >= 0.3 is 0 Å². The summed E-state index contributed by atoms with van der Waals surface area (Å²) >= 11 is 2.93. The monoisotopic (exact) mass is 392 g/mol. The number of benzene rings is 1. The smallest absolute Gasteiger partial charge is 0.233 e. The number of amides is 1. The van der Waals surface area contributed by atoms with Gasteiger partial charge in [0.1, 0.15) is 0 Å². The van der Waals surface area contributed by atoms with Gasteiger partial charge in [0.25, 0.3) is 0 Å². The molecular formula is C18H24N4O2S2. The molecular weight excluding hydrogens is 368 g/mol. The second-order valence-corrected chi connectivity index (χ2v) is 8.27. The summed E-state index contributed by atoms with van der Waals surface area (Å²) in [6.07, 6.45) is 2.49. The normalized spacial score (nSPS) is 16.6. The Balaban J connectivity index is 1.44. The Bertz CT molecular complexity index is 690. The van der Waals surface area contributed by atoms with Gasteiger partial charge < -0.3 is 15.0 Å². The Morgan fingerprint density at radius 2 is 2.23 bits per heavy atom. The maximum absolute atomic E-state index is 12.5. The van der Waals surface area contributed by atoms with E-state index < -0.39 is 0 Å². The SMILES string of the molecule is CCN(Cc1ccccc1)C(=O)CSc1nnc(NCC2CCCO2)s1. The van der Waals surface area contributed by atoms with Crippen molar-refractivity contribution in [1.29, 1.82) is 0 Å². The lowest BCUT2D eigenvalue weighted by Gasteiger charge is -2.20. The number of nitrogens with one attached hydrogen (secondary N) is 1. The number of ether oxygens (including phenoxy) is 1. The highest BCUT2D eigenvalue weighted by atomic mass is 32.2. The molecule has 6 nitrogen and oxygen atoms in total. The lowest BCUT2D eigenvalue weighted by atomic mass is 10.2. The zero-order valence-electron chi connectivity index (χ0n) is 14.9. The van der Waals surface area contributed by atoms with E-state index in [0.717, 1.165) is 41.0 Å². The minimum atomic E-state index is 0.116. The molecule has 1 atom stereocenters. The molecule has 1 unspecified atom stereocenters. The molecule has 140 valence electrons. The van der Waals surface area contributed by atoms with Crippen LogP contribution in [0.2, 0.25) is 0 Å². The average Bonchev–Trinajstić information content (AvgIpc) is 3.35. The van der Waals surface area contributed by atoms with Crippen molar-refractivity contribution in [2.75, 3.05) is 30.8 Å². The number of nitrogens with zero attached hydrogens (tertiary/aromatic N) is 3. The summed E-state index contributed by atoms with van der Waals surface area (Å²) in [5.74, 6) is 0.492. The largest absolute Gasteiger partial charge is 0.376 e. The summed E-state index contributed by atoms with van der Waals surface area (Å²) < 4.78 is 6.40. The molecule has 1 aliphatic rings. The fourth-order valence-electron chi connectivity index (χ4n) is 2.74. The Morgan fingerprint density at radius 3 is 2.96 bits per heavy atom. The summed E-state index contributed by atoms with van der Waals surface area (Å²) in [5, 5.41) is 12.4. The predicted octanol–water partition coefficient (Wildman–Crippen LogP) is 3.27. The molecule has 1 amide bonds. The molecule has 0 bridgehead atoms. The number of hydrogen-bond donors (Lipinski definition) is 1. The van der Waals surface area contributed by atoms with E-state index in [0.29, 0.717) is 18.8 Å². The van der Waals surface area contributed by atoms with Gasteiger partial charge in [-0.25, -0.2) is 0 Å². The standard InChI is InChI=1S/C18H24N4O2S2/c1-2-22(12-14-7-4-3-5-8-14)16(23)13-25-18-21-20-17(26-18)19-11-15-9-6-10-24-15/h3-5,7-8,15H,2,6,9-13H2,1H3,(H,19,20). The van der Waals surface area contributed by atoms with E-state index in [4.69, 9.17) is 4.74 Å². The fourth-order valence-corrected chi connectivity index (χ4v) is 4.40. The van der Waals surface area contributed by atoms with Crippen molar-refractivity contribution in [3.8, 4) is 0 Å². The van der Waals surface area contributed by atoms with E-state index >= 15 is 0 Å². The quantitative estimate of drug-likeness (QED) is 0.661. The minimum absolute atomic E-state index is 0.116. The third-order valence-electron chi connectivity index (χ3n) is 4.18. The molecule has 0 radical (unpaired) electrons. The van der Waals surface area contributed by atoms with Gasteiger partial charge in [-0.2, -0.15) is 0 Å². The fraction of sp³-hybridized carbons (Fsp3) is 0.500. The van der Waals surface area contributed by atoms with E-state index in [-0.39, 0.29) is 12.0 Å². The Kier molecular flexibility index (Phi) is 7.28. The van der Waals surface area contributed by atoms with Gasteiger partial charge in [-0.05, 0) is 25.3 Å². The van der Waals surface area contributed by atoms with Crippen molar-refractivity contribution in [2.45, 2.75) is 36.8 Å². The zero-order chi connectivity index (χ0) is 18.2. The molecule has 26 heavy (non-hydrogen) atoms. The molecule has 1 N–H and O–H groups in total. The number of thioether (sulfide) groups is 1. The first-order valence-electron chi connectivity index (χ1n) is 8.88. The zero-order valence-corrected chi connectivity index (χ0v) is 16.5. The Morgan fingerprint density at radius 1 is 1.38 bits per heavy atom. The molecule has 1 aromatic heterocycles. The number of rotatable bonds is 9. The van der Waals surface area contributed by atoms with Crippen molar-refractivity contribution in [1.82, 2.24) is 15.1 Å². The average molecular weight is 393 g/mol. The lowest BCUT2D eigenvalue weighted by Crippen LogP contribution is -2.31. The molecule has 2 aromatic rings. The predicted molar refractivity (Wildman–Crippen MR) is 106 cm³/mol. The first-order chi connectivity index (χ1) is 12.7. The molecule has 2 heterocycles. The van der Waals surface area contributed by atoms with Crippen LogP contribution in [-0.2, 0) is 16.1 Å². The maximum atomic E-state index is 12.5. The topological polar surface area (TPSA) is 67.4 Å². The molecule has 0 aliphatic carbocycles. The van der Waals surface area contributed by atoms with Gasteiger partial charge in [0.2, 0.25) is 11.0 Å². The second-order valence-electron chi connectivity index (χ2n) is 6.07. The van der Waals surface area contributed by atoms with Crippen LogP contribution in [-0.4, -0.2) is 52.6 Å². The molecule has 1 aromatic carbocycles. The van der Waals surface area contributed by atoms with Crippen LogP contribution in [0, 0.1) is 0 Å². The molecule has 3 rings (SSSR count). The van der Waals surface area contributed by atoms with Crippen LogP contribution in [0.25, 0.3) is 0 Å². The van der Waals surface area contributed by atoms with Gasteiger partial charge in [-0.1, -0.05) is 53.4 Å². The van der Waals surface area contributed by atoms with E-state index in [1.165, 1.54) is 23.1 Å². The third-order valence-corrected chi connectivity index (χ3v) is 6.18. The van der Waals surface area contributed by atoms with Crippen molar-refractivity contribution in [2.24, 2.45) is 0 Å². The van der Waals surface area contributed by atoms with Crippen molar-refractivity contribution < 1.29 is 9.53 Å². The second kappa shape index (κ2) is 9.89. The van der Waals surface area contributed by atoms with Crippen LogP contribution < -0.4 is 5.32 Å². The van der Waals surface area contributed by atoms with Crippen LogP contribution in [0.5, 0.6) is 0 Å². The number of carbonyl (C=O) groups is 1. The van der Waals surface area contributed by atoms with Crippen molar-refractivity contribution in [3.63, 3.8) is 0 Å². The molecule has 0 saturated carbocycles. The van der Waals surface area contributed by atoms with Crippen LogP contribution in [0.3, 0.4) is 0 Å². The molecule has 8 heteroatoms. The van der Waals surface area contributed by atoms with Crippen molar-refractivity contribution in [3.05, 3.63) is 35.9 Å². The highest BCUT2D eigenvalue weighted by molar-refractivity contribution is 8.01. The van der Waals surface area contributed by atoms with Gasteiger partial charge in [-0.15, -0.1) is 10.2 Å². The highest BCUT2D eigenvalue weighted by Gasteiger charge is 2.17. The third kappa shape index (κ3) is 5.69. The van der Waals surface area contributed by atoms with Gasteiger partial charge in [0, 0.05) is 26.2 Å². The summed E-state index contributed by atoms with van der Waals surface area (Å²) in [6, 6.07) is 10.1. The molecule has 0 spiro atoms. The lowest BCUT2D eigenvalue weighted by molar-refractivity contribution is -0.128. The first kappa shape index (κ1) is 19.1. The molecule has 1 aliphatic heterocycles. The van der Waals surface area contributed by atoms with E-state index in [1.54, 1.807) is 0 Å². The molecule has 1 saturated heterocycles. The first-order valence-corrected chi connectivity index (χ1v) is 10.7.